The Bertz CT molecular complexity index is 979. The van der Waals surface area contributed by atoms with Crippen LogP contribution in [0, 0.1) is 0 Å². The van der Waals surface area contributed by atoms with Crippen LogP contribution in [0.1, 0.15) is 206 Å². The van der Waals surface area contributed by atoms with Gasteiger partial charge in [-0.15, -0.1) is 0 Å². The normalized spacial score (nSPS) is 13.9. The van der Waals surface area contributed by atoms with Crippen molar-refractivity contribution in [3.63, 3.8) is 0 Å². The average molecular weight is 790 g/mol. The van der Waals surface area contributed by atoms with Gasteiger partial charge in [0.05, 0.1) is 13.2 Å². The summed E-state index contributed by atoms with van der Waals surface area (Å²) < 4.78 is 32.7. The molecule has 0 bridgehead atoms. The van der Waals surface area contributed by atoms with Crippen LogP contribution in [0.5, 0.6) is 0 Å². The van der Waals surface area contributed by atoms with Crippen molar-refractivity contribution in [1.82, 2.24) is 0 Å². The highest BCUT2D eigenvalue weighted by Gasteiger charge is 2.28. The SMILES string of the molecule is CCCCCC/C=C\CCCCCCCC(=O)O[C@H](COC(=O)CCCCCCCCCCCCCCCCCCC)COP(=O)(O)OC[C@H](N)C(=O)O. The number of phosphoric ester groups is 1. The predicted octanol–water partition coefficient (Wildman–Crippen LogP) is 11.3. The fourth-order valence-corrected chi connectivity index (χ4v) is 6.84. The minimum absolute atomic E-state index is 0.155. The molecule has 54 heavy (non-hydrogen) atoms. The van der Waals surface area contributed by atoms with Gasteiger partial charge in [-0.05, 0) is 38.5 Å². The number of rotatable bonds is 41. The number of hydrogen-bond donors (Lipinski definition) is 3. The zero-order chi connectivity index (χ0) is 40.0. The van der Waals surface area contributed by atoms with Crippen molar-refractivity contribution in [3.8, 4) is 0 Å². The maximum absolute atomic E-state index is 12.6. The van der Waals surface area contributed by atoms with Crippen LogP contribution in [-0.4, -0.2) is 59.9 Å². The second-order valence-electron chi connectivity index (χ2n) is 14.8. The molecule has 12 heteroatoms. The Morgan fingerprint density at radius 2 is 0.926 bits per heavy atom. The number of carbonyl (C=O) groups is 3. The first-order valence-corrected chi connectivity index (χ1v) is 23.2. The van der Waals surface area contributed by atoms with E-state index in [0.717, 1.165) is 57.8 Å². The smallest absolute Gasteiger partial charge is 0.472 e. The first-order valence-electron chi connectivity index (χ1n) is 21.7. The van der Waals surface area contributed by atoms with E-state index in [4.69, 9.17) is 24.8 Å². The van der Waals surface area contributed by atoms with Gasteiger partial charge in [0.25, 0.3) is 0 Å². The monoisotopic (exact) mass is 790 g/mol. The van der Waals surface area contributed by atoms with Gasteiger partial charge in [-0.1, -0.05) is 167 Å². The van der Waals surface area contributed by atoms with E-state index in [9.17, 15) is 23.8 Å². The Balaban J connectivity index is 4.32. The van der Waals surface area contributed by atoms with Crippen molar-refractivity contribution < 1.29 is 47.5 Å². The van der Waals surface area contributed by atoms with E-state index in [1.807, 2.05) is 0 Å². The molecule has 0 aromatic heterocycles. The molecule has 0 spiro atoms. The highest BCUT2D eigenvalue weighted by Crippen LogP contribution is 2.43. The van der Waals surface area contributed by atoms with Gasteiger partial charge in [0, 0.05) is 12.8 Å². The minimum Gasteiger partial charge on any atom is -0.480 e. The van der Waals surface area contributed by atoms with Crippen molar-refractivity contribution in [1.29, 1.82) is 0 Å². The third kappa shape index (κ3) is 37.2. The molecule has 0 heterocycles. The summed E-state index contributed by atoms with van der Waals surface area (Å²) in [5, 5.41) is 8.88. The summed E-state index contributed by atoms with van der Waals surface area (Å²) in [6.07, 6.45) is 37.0. The van der Waals surface area contributed by atoms with E-state index >= 15 is 0 Å². The lowest BCUT2D eigenvalue weighted by atomic mass is 10.0. The zero-order valence-electron chi connectivity index (χ0n) is 34.3. The molecule has 3 atom stereocenters. The number of allylic oxidation sites excluding steroid dienone is 2. The number of phosphoric acid groups is 1. The summed E-state index contributed by atoms with van der Waals surface area (Å²) in [7, 11) is -4.71. The van der Waals surface area contributed by atoms with Crippen LogP contribution in [0.25, 0.3) is 0 Å². The van der Waals surface area contributed by atoms with E-state index < -0.39 is 51.1 Å². The van der Waals surface area contributed by atoms with Crippen LogP contribution in [0.3, 0.4) is 0 Å². The Kier molecular flexibility index (Phi) is 36.9. The van der Waals surface area contributed by atoms with E-state index in [2.05, 4.69) is 30.5 Å². The third-order valence-corrected chi connectivity index (χ3v) is 10.5. The molecule has 0 aromatic rings. The van der Waals surface area contributed by atoms with Gasteiger partial charge < -0.3 is 25.2 Å². The molecule has 0 saturated carbocycles. The number of carboxylic acid groups (broad SMARTS) is 1. The summed E-state index contributed by atoms with van der Waals surface area (Å²) in [6.45, 7) is 2.80. The summed E-state index contributed by atoms with van der Waals surface area (Å²) in [5.74, 6) is -2.38. The highest BCUT2D eigenvalue weighted by molar-refractivity contribution is 7.47. The fourth-order valence-electron chi connectivity index (χ4n) is 6.06. The van der Waals surface area contributed by atoms with Crippen LogP contribution in [0.15, 0.2) is 12.2 Å². The van der Waals surface area contributed by atoms with Crippen LogP contribution in [0.4, 0.5) is 0 Å². The number of unbranched alkanes of at least 4 members (excludes halogenated alkanes) is 25. The first kappa shape index (κ1) is 52.2. The molecule has 0 radical (unpaired) electrons. The van der Waals surface area contributed by atoms with Gasteiger partial charge >= 0.3 is 25.7 Å². The molecule has 0 saturated heterocycles. The molecule has 4 N–H and O–H groups in total. The van der Waals surface area contributed by atoms with Gasteiger partial charge in [-0.2, -0.15) is 0 Å². The van der Waals surface area contributed by atoms with Gasteiger partial charge in [-0.3, -0.25) is 23.4 Å². The molecule has 0 aliphatic carbocycles. The van der Waals surface area contributed by atoms with Gasteiger partial charge in [0.15, 0.2) is 6.10 Å². The topological polar surface area (TPSA) is 172 Å². The first-order chi connectivity index (χ1) is 26.1. The molecule has 1 unspecified atom stereocenters. The maximum Gasteiger partial charge on any atom is 0.472 e. The Hall–Kier alpha value is -1.78. The molecular weight excluding hydrogens is 709 g/mol. The van der Waals surface area contributed by atoms with Crippen LogP contribution in [0.2, 0.25) is 0 Å². The predicted molar refractivity (Wildman–Crippen MR) is 217 cm³/mol. The molecule has 0 aliphatic heterocycles. The van der Waals surface area contributed by atoms with Gasteiger partial charge in [0.2, 0.25) is 0 Å². The van der Waals surface area contributed by atoms with Crippen LogP contribution >= 0.6 is 7.82 Å². The molecule has 0 rings (SSSR count). The number of aliphatic carboxylic acids is 1. The lowest BCUT2D eigenvalue weighted by molar-refractivity contribution is -0.161. The lowest BCUT2D eigenvalue weighted by Gasteiger charge is -2.20. The molecule has 11 nitrogen and oxygen atoms in total. The average Bonchev–Trinajstić information content (AvgIpc) is 3.14. The maximum atomic E-state index is 12.6. The number of esters is 2. The second-order valence-corrected chi connectivity index (χ2v) is 16.3. The summed E-state index contributed by atoms with van der Waals surface area (Å²) in [4.78, 5) is 45.9. The van der Waals surface area contributed by atoms with Crippen molar-refractivity contribution >= 4 is 25.7 Å². The van der Waals surface area contributed by atoms with Crippen LogP contribution < -0.4 is 5.73 Å². The van der Waals surface area contributed by atoms with E-state index in [1.54, 1.807) is 0 Å². The standard InChI is InChI=1S/C42H80NO10P/c1-3-5-7-9-11-13-15-17-18-19-20-22-23-25-27-29-31-33-40(44)50-35-38(36-51-54(48,49)52-37-39(43)42(46)47)53-41(45)34-32-30-28-26-24-21-16-14-12-10-8-6-4-2/h14,16,38-39H,3-13,15,17-37,43H2,1-2H3,(H,46,47)(H,48,49)/b16-14-/t38-,39+/m1/s1. The fraction of sp³-hybridized carbons (Fsp3) is 0.881. The van der Waals surface area contributed by atoms with Gasteiger partial charge in [-0.25, -0.2) is 4.57 Å². The Morgan fingerprint density at radius 1 is 0.556 bits per heavy atom. The number of carbonyl (C=O) groups excluding carboxylic acids is 2. The largest absolute Gasteiger partial charge is 0.480 e. The van der Waals surface area contributed by atoms with Gasteiger partial charge in [0.1, 0.15) is 12.6 Å². The highest BCUT2D eigenvalue weighted by atomic mass is 31.2. The van der Waals surface area contributed by atoms with E-state index in [-0.39, 0.29) is 19.4 Å². The minimum atomic E-state index is -4.71. The molecule has 318 valence electrons. The Labute approximate surface area is 328 Å². The molecule has 0 amide bonds. The van der Waals surface area contributed by atoms with E-state index in [1.165, 1.54) is 109 Å². The number of nitrogens with two attached hydrogens (primary N) is 1. The Morgan fingerprint density at radius 3 is 1.37 bits per heavy atom. The molecular formula is C42H80NO10P. The third-order valence-electron chi connectivity index (χ3n) is 9.51. The summed E-state index contributed by atoms with van der Waals surface area (Å²) >= 11 is 0. The van der Waals surface area contributed by atoms with Crippen LogP contribution in [-0.2, 0) is 37.5 Å². The van der Waals surface area contributed by atoms with E-state index in [0.29, 0.717) is 12.8 Å². The summed E-state index contributed by atoms with van der Waals surface area (Å²) in [5.41, 5.74) is 5.33. The quantitative estimate of drug-likeness (QED) is 0.0233. The van der Waals surface area contributed by atoms with Crippen molar-refractivity contribution in [2.45, 2.75) is 219 Å². The van der Waals surface area contributed by atoms with Crippen molar-refractivity contribution in [2.75, 3.05) is 19.8 Å². The molecule has 0 aliphatic rings. The van der Waals surface area contributed by atoms with Crippen molar-refractivity contribution in [2.24, 2.45) is 5.73 Å². The number of ether oxygens (including phenoxy) is 2. The molecule has 0 aromatic carbocycles. The number of carboxylic acids is 1. The zero-order valence-corrected chi connectivity index (χ0v) is 35.2. The lowest BCUT2D eigenvalue weighted by Crippen LogP contribution is -2.34. The number of hydrogen-bond acceptors (Lipinski definition) is 9. The van der Waals surface area contributed by atoms with Crippen molar-refractivity contribution in [3.05, 3.63) is 12.2 Å². The second kappa shape index (κ2) is 38.1. The molecule has 0 fully saturated rings. The summed E-state index contributed by atoms with van der Waals surface area (Å²) in [6, 6.07) is -1.52.